The molecular formula is C17H26ClF3N2O. The van der Waals surface area contributed by atoms with Crippen LogP contribution < -0.4 is 10.1 Å². The van der Waals surface area contributed by atoms with Gasteiger partial charge in [-0.15, -0.1) is 12.4 Å². The van der Waals surface area contributed by atoms with E-state index in [1.165, 1.54) is 7.11 Å². The molecule has 24 heavy (non-hydrogen) atoms. The van der Waals surface area contributed by atoms with E-state index in [4.69, 9.17) is 4.74 Å². The molecule has 0 bridgehead atoms. The van der Waals surface area contributed by atoms with Crippen molar-refractivity contribution in [2.75, 3.05) is 33.3 Å². The van der Waals surface area contributed by atoms with Crippen molar-refractivity contribution < 1.29 is 17.9 Å². The summed E-state index contributed by atoms with van der Waals surface area (Å²) in [5.74, 6) is 0.558. The topological polar surface area (TPSA) is 24.5 Å². The van der Waals surface area contributed by atoms with Gasteiger partial charge in [-0.2, -0.15) is 13.2 Å². The summed E-state index contributed by atoms with van der Waals surface area (Å²) in [5, 5.41) is 3.25. The van der Waals surface area contributed by atoms with E-state index in [0.717, 1.165) is 32.2 Å². The van der Waals surface area contributed by atoms with Crippen LogP contribution in [0.25, 0.3) is 0 Å². The standard InChI is InChI=1S/C17H25F3N2O.ClH/c1-12(2)10-16(22-8-6-21-7-9-22)14-5-4-13(23-3)11-15(14)17(18,19)20;/h4-5,11-12,16,21H,6-10H2,1-3H3;1H/t16-;/m1./s1. The van der Waals surface area contributed by atoms with Crippen LogP contribution in [-0.4, -0.2) is 38.2 Å². The predicted molar refractivity (Wildman–Crippen MR) is 91.9 cm³/mol. The van der Waals surface area contributed by atoms with Crippen molar-refractivity contribution in [3.63, 3.8) is 0 Å². The number of ether oxygens (including phenoxy) is 1. The Bertz CT molecular complexity index is 517. The molecule has 0 spiro atoms. The minimum atomic E-state index is -4.38. The quantitative estimate of drug-likeness (QED) is 0.848. The van der Waals surface area contributed by atoms with Crippen LogP contribution in [0.3, 0.4) is 0 Å². The molecule has 1 atom stereocenters. The molecule has 0 amide bonds. The fraction of sp³-hybridized carbons (Fsp3) is 0.647. The number of nitrogens with one attached hydrogen (secondary N) is 1. The van der Waals surface area contributed by atoms with Gasteiger partial charge in [0.15, 0.2) is 0 Å². The average Bonchev–Trinajstić information content (AvgIpc) is 2.52. The predicted octanol–water partition coefficient (Wildman–Crippen LogP) is 4.13. The van der Waals surface area contributed by atoms with Crippen LogP contribution in [0.4, 0.5) is 13.2 Å². The number of piperazine rings is 1. The van der Waals surface area contributed by atoms with Gasteiger partial charge >= 0.3 is 6.18 Å². The molecule has 2 rings (SSSR count). The highest BCUT2D eigenvalue weighted by atomic mass is 35.5. The highest BCUT2D eigenvalue weighted by molar-refractivity contribution is 5.85. The molecule has 0 aromatic heterocycles. The number of alkyl halides is 3. The van der Waals surface area contributed by atoms with Crippen LogP contribution in [0.2, 0.25) is 0 Å². The highest BCUT2D eigenvalue weighted by Crippen LogP contribution is 2.40. The van der Waals surface area contributed by atoms with Gasteiger partial charge in [0.1, 0.15) is 5.75 Å². The average molecular weight is 367 g/mol. The van der Waals surface area contributed by atoms with E-state index in [0.29, 0.717) is 17.9 Å². The van der Waals surface area contributed by atoms with E-state index in [9.17, 15) is 13.2 Å². The maximum absolute atomic E-state index is 13.5. The maximum Gasteiger partial charge on any atom is 0.416 e. The Labute approximate surface area is 148 Å². The lowest BCUT2D eigenvalue weighted by atomic mass is 9.91. The first-order valence-electron chi connectivity index (χ1n) is 8.02. The molecule has 1 saturated heterocycles. The van der Waals surface area contributed by atoms with E-state index in [2.05, 4.69) is 10.2 Å². The summed E-state index contributed by atoms with van der Waals surface area (Å²) in [7, 11) is 1.39. The largest absolute Gasteiger partial charge is 0.497 e. The molecule has 1 N–H and O–H groups in total. The zero-order chi connectivity index (χ0) is 17.0. The van der Waals surface area contributed by atoms with Crippen LogP contribution in [0.1, 0.15) is 37.4 Å². The molecule has 138 valence electrons. The number of rotatable bonds is 5. The number of hydrogen-bond donors (Lipinski definition) is 1. The second-order valence-electron chi connectivity index (χ2n) is 6.38. The number of halogens is 4. The zero-order valence-electron chi connectivity index (χ0n) is 14.3. The molecular weight excluding hydrogens is 341 g/mol. The summed E-state index contributed by atoms with van der Waals surface area (Å²) < 4.78 is 45.6. The summed E-state index contributed by atoms with van der Waals surface area (Å²) in [4.78, 5) is 2.16. The number of methoxy groups -OCH3 is 1. The molecule has 1 fully saturated rings. The lowest BCUT2D eigenvalue weighted by Gasteiger charge is -2.37. The Hall–Kier alpha value is -0.980. The fourth-order valence-electron chi connectivity index (χ4n) is 3.11. The molecule has 0 aliphatic carbocycles. The summed E-state index contributed by atoms with van der Waals surface area (Å²) in [6, 6.07) is 4.10. The third-order valence-electron chi connectivity index (χ3n) is 4.21. The van der Waals surface area contributed by atoms with E-state index in [-0.39, 0.29) is 24.2 Å². The van der Waals surface area contributed by atoms with Crippen molar-refractivity contribution in [3.05, 3.63) is 29.3 Å². The third kappa shape index (κ3) is 5.26. The summed E-state index contributed by atoms with van der Waals surface area (Å²) in [5.41, 5.74) is -0.227. The summed E-state index contributed by atoms with van der Waals surface area (Å²) in [6.07, 6.45) is -3.68. The van der Waals surface area contributed by atoms with Gasteiger partial charge in [-0.25, -0.2) is 0 Å². The molecule has 1 aromatic carbocycles. The van der Waals surface area contributed by atoms with Gasteiger partial charge in [-0.1, -0.05) is 19.9 Å². The molecule has 0 unspecified atom stereocenters. The second kappa shape index (κ2) is 8.92. The monoisotopic (exact) mass is 366 g/mol. The Morgan fingerprint density at radius 3 is 2.33 bits per heavy atom. The molecule has 1 heterocycles. The van der Waals surface area contributed by atoms with Crippen LogP contribution >= 0.6 is 12.4 Å². The van der Waals surface area contributed by atoms with Gasteiger partial charge < -0.3 is 10.1 Å². The van der Waals surface area contributed by atoms with Crippen molar-refractivity contribution in [1.82, 2.24) is 10.2 Å². The van der Waals surface area contributed by atoms with Crippen molar-refractivity contribution in [2.24, 2.45) is 5.92 Å². The minimum Gasteiger partial charge on any atom is -0.497 e. The summed E-state index contributed by atoms with van der Waals surface area (Å²) >= 11 is 0. The first-order chi connectivity index (χ1) is 10.8. The van der Waals surface area contributed by atoms with Crippen LogP contribution in [0.15, 0.2) is 18.2 Å². The fourth-order valence-corrected chi connectivity index (χ4v) is 3.11. The SMILES string of the molecule is COc1ccc([C@@H](CC(C)C)N2CCNCC2)c(C(F)(F)F)c1.Cl. The van der Waals surface area contributed by atoms with E-state index in [1.807, 2.05) is 13.8 Å². The minimum absolute atomic E-state index is 0. The van der Waals surface area contributed by atoms with E-state index in [1.54, 1.807) is 12.1 Å². The van der Waals surface area contributed by atoms with Crippen molar-refractivity contribution >= 4 is 12.4 Å². The third-order valence-corrected chi connectivity index (χ3v) is 4.21. The van der Waals surface area contributed by atoms with Crippen molar-refractivity contribution in [1.29, 1.82) is 0 Å². The van der Waals surface area contributed by atoms with Gasteiger partial charge in [0, 0.05) is 32.2 Å². The van der Waals surface area contributed by atoms with Crippen LogP contribution in [-0.2, 0) is 6.18 Å². The van der Waals surface area contributed by atoms with Gasteiger partial charge in [0.2, 0.25) is 0 Å². The highest BCUT2D eigenvalue weighted by Gasteiger charge is 2.37. The second-order valence-corrected chi connectivity index (χ2v) is 6.38. The van der Waals surface area contributed by atoms with Crippen molar-refractivity contribution in [3.8, 4) is 5.75 Å². The number of nitrogens with zero attached hydrogens (tertiary/aromatic N) is 1. The Morgan fingerprint density at radius 1 is 1.21 bits per heavy atom. The first kappa shape index (κ1) is 21.1. The lowest BCUT2D eigenvalue weighted by molar-refractivity contribution is -0.139. The van der Waals surface area contributed by atoms with Gasteiger partial charge in [0.05, 0.1) is 12.7 Å². The Kier molecular flexibility index (Phi) is 7.83. The van der Waals surface area contributed by atoms with Crippen LogP contribution in [0.5, 0.6) is 5.75 Å². The lowest BCUT2D eigenvalue weighted by Crippen LogP contribution is -2.45. The number of hydrogen-bond acceptors (Lipinski definition) is 3. The summed E-state index contributed by atoms with van der Waals surface area (Å²) in [6.45, 7) is 7.25. The van der Waals surface area contributed by atoms with Gasteiger partial charge in [-0.05, 0) is 30.0 Å². The molecule has 1 aliphatic rings. The normalized spacial score (nSPS) is 17.5. The van der Waals surface area contributed by atoms with E-state index >= 15 is 0 Å². The maximum atomic E-state index is 13.5. The van der Waals surface area contributed by atoms with Gasteiger partial charge in [0.25, 0.3) is 0 Å². The first-order valence-corrected chi connectivity index (χ1v) is 8.02. The van der Waals surface area contributed by atoms with Crippen molar-refractivity contribution in [2.45, 2.75) is 32.5 Å². The Balaban J connectivity index is 0.00000288. The molecule has 3 nitrogen and oxygen atoms in total. The Morgan fingerprint density at radius 2 is 1.83 bits per heavy atom. The molecule has 1 aliphatic heterocycles. The smallest absolute Gasteiger partial charge is 0.416 e. The molecule has 7 heteroatoms. The molecule has 1 aromatic rings. The van der Waals surface area contributed by atoms with Gasteiger partial charge in [-0.3, -0.25) is 4.90 Å². The van der Waals surface area contributed by atoms with Crippen LogP contribution in [0, 0.1) is 5.92 Å². The van der Waals surface area contributed by atoms with E-state index < -0.39 is 11.7 Å². The molecule has 0 saturated carbocycles. The zero-order valence-corrected chi connectivity index (χ0v) is 15.1. The molecule has 0 radical (unpaired) electrons. The number of benzene rings is 1.